The van der Waals surface area contributed by atoms with Crippen molar-refractivity contribution in [1.82, 2.24) is 10.3 Å². The summed E-state index contributed by atoms with van der Waals surface area (Å²) in [6.45, 7) is 3.63. The predicted octanol–water partition coefficient (Wildman–Crippen LogP) is 5.05. The molecule has 0 radical (unpaired) electrons. The van der Waals surface area contributed by atoms with Gasteiger partial charge in [-0.2, -0.15) is 0 Å². The number of nitrogens with one attached hydrogen (secondary N) is 1. The number of hydrogen-bond acceptors (Lipinski definition) is 3. The van der Waals surface area contributed by atoms with Gasteiger partial charge in [-0.05, 0) is 34.6 Å². The van der Waals surface area contributed by atoms with E-state index in [4.69, 9.17) is 27.9 Å². The zero-order valence-electron chi connectivity index (χ0n) is 10.8. The molecule has 0 spiro atoms. The zero-order valence-corrected chi connectivity index (χ0v) is 13.9. The number of rotatable bonds is 5. The quantitative estimate of drug-likeness (QED) is 0.742. The Labute approximate surface area is 136 Å². The van der Waals surface area contributed by atoms with Gasteiger partial charge in [0, 0.05) is 29.3 Å². The van der Waals surface area contributed by atoms with Crippen molar-refractivity contribution in [3.05, 3.63) is 50.7 Å². The van der Waals surface area contributed by atoms with Crippen molar-refractivity contribution in [2.24, 2.45) is 0 Å². The normalized spacial score (nSPS) is 10.6. The Morgan fingerprint density at radius 2 is 2.05 bits per heavy atom. The molecule has 2 rings (SSSR count). The van der Waals surface area contributed by atoms with Crippen LogP contribution in [-0.2, 0) is 6.54 Å². The largest absolute Gasteiger partial charge is 0.456 e. The fraction of sp³-hybridized carbons (Fsp3) is 0.214. The molecule has 0 amide bonds. The number of pyridine rings is 1. The van der Waals surface area contributed by atoms with Gasteiger partial charge in [-0.3, -0.25) is 4.98 Å². The first-order valence-electron chi connectivity index (χ1n) is 6.08. The maximum Gasteiger partial charge on any atom is 0.147 e. The van der Waals surface area contributed by atoms with Crippen LogP contribution in [0, 0.1) is 0 Å². The van der Waals surface area contributed by atoms with E-state index in [1.54, 1.807) is 24.4 Å². The molecule has 0 aliphatic heterocycles. The van der Waals surface area contributed by atoms with Gasteiger partial charge in [-0.25, -0.2) is 0 Å². The van der Waals surface area contributed by atoms with Crippen LogP contribution in [0.1, 0.15) is 12.6 Å². The van der Waals surface area contributed by atoms with Gasteiger partial charge >= 0.3 is 0 Å². The van der Waals surface area contributed by atoms with Crippen LogP contribution in [0.5, 0.6) is 11.5 Å². The third kappa shape index (κ3) is 4.09. The molecule has 1 heterocycles. The van der Waals surface area contributed by atoms with E-state index in [0.29, 0.717) is 28.1 Å². The molecule has 0 bridgehead atoms. The first-order valence-corrected chi connectivity index (χ1v) is 7.63. The maximum atomic E-state index is 6.13. The van der Waals surface area contributed by atoms with E-state index in [1.165, 1.54) is 0 Å². The van der Waals surface area contributed by atoms with Crippen LogP contribution in [-0.4, -0.2) is 11.5 Å². The maximum absolute atomic E-state index is 6.13. The van der Waals surface area contributed by atoms with Gasteiger partial charge < -0.3 is 10.1 Å². The highest BCUT2D eigenvalue weighted by Gasteiger charge is 2.08. The molecule has 6 heteroatoms. The van der Waals surface area contributed by atoms with Crippen LogP contribution in [0.4, 0.5) is 0 Å². The van der Waals surface area contributed by atoms with E-state index >= 15 is 0 Å². The molecule has 0 aliphatic carbocycles. The van der Waals surface area contributed by atoms with Crippen LogP contribution >= 0.6 is 39.1 Å². The summed E-state index contributed by atoms with van der Waals surface area (Å²) in [5.74, 6) is 1.19. The summed E-state index contributed by atoms with van der Waals surface area (Å²) in [5.41, 5.74) is 0.906. The van der Waals surface area contributed by atoms with Gasteiger partial charge in [-0.15, -0.1) is 0 Å². The van der Waals surface area contributed by atoms with Crippen LogP contribution in [0.2, 0.25) is 10.0 Å². The molecule has 0 saturated carbocycles. The van der Waals surface area contributed by atoms with Crippen LogP contribution in [0.3, 0.4) is 0 Å². The fourth-order valence-electron chi connectivity index (χ4n) is 1.58. The second-order valence-corrected chi connectivity index (χ2v) is 5.73. The van der Waals surface area contributed by atoms with Crippen molar-refractivity contribution in [3.63, 3.8) is 0 Å². The van der Waals surface area contributed by atoms with Crippen molar-refractivity contribution in [1.29, 1.82) is 0 Å². The smallest absolute Gasteiger partial charge is 0.147 e. The highest BCUT2D eigenvalue weighted by Crippen LogP contribution is 2.36. The average Bonchev–Trinajstić information content (AvgIpc) is 2.43. The van der Waals surface area contributed by atoms with Crippen LogP contribution in [0.25, 0.3) is 0 Å². The van der Waals surface area contributed by atoms with Crippen molar-refractivity contribution >= 4 is 39.1 Å². The predicted molar refractivity (Wildman–Crippen MR) is 85.9 cm³/mol. The summed E-state index contributed by atoms with van der Waals surface area (Å²) in [6.07, 6.45) is 1.70. The highest BCUT2D eigenvalue weighted by atomic mass is 79.9. The SMILES string of the molecule is CCNCc1cc(Oc2cc(Cl)c(Br)cc2Cl)ccn1. The van der Waals surface area contributed by atoms with E-state index < -0.39 is 0 Å². The molecule has 20 heavy (non-hydrogen) atoms. The number of aromatic nitrogens is 1. The van der Waals surface area contributed by atoms with Gasteiger partial charge in [0.05, 0.1) is 15.7 Å². The summed E-state index contributed by atoms with van der Waals surface area (Å²) in [7, 11) is 0. The molecule has 1 aromatic carbocycles. The molecule has 1 aromatic heterocycles. The lowest BCUT2D eigenvalue weighted by Crippen LogP contribution is -2.12. The number of nitrogens with zero attached hydrogens (tertiary/aromatic N) is 1. The van der Waals surface area contributed by atoms with E-state index in [-0.39, 0.29) is 0 Å². The van der Waals surface area contributed by atoms with Crippen molar-refractivity contribution in [2.75, 3.05) is 6.54 Å². The minimum absolute atomic E-state index is 0.492. The van der Waals surface area contributed by atoms with Gasteiger partial charge in [0.1, 0.15) is 11.5 Å². The summed E-state index contributed by atoms with van der Waals surface area (Å²) in [4.78, 5) is 4.26. The topological polar surface area (TPSA) is 34.1 Å². The lowest BCUT2D eigenvalue weighted by Gasteiger charge is -2.10. The second kappa shape index (κ2) is 7.27. The van der Waals surface area contributed by atoms with Gasteiger partial charge in [0.15, 0.2) is 0 Å². The van der Waals surface area contributed by atoms with Crippen LogP contribution in [0.15, 0.2) is 34.9 Å². The van der Waals surface area contributed by atoms with E-state index in [1.807, 2.05) is 13.0 Å². The molecular weight excluding hydrogens is 363 g/mol. The third-order valence-corrected chi connectivity index (χ3v) is 4.04. The van der Waals surface area contributed by atoms with Gasteiger partial charge in [0.2, 0.25) is 0 Å². The fourth-order valence-corrected chi connectivity index (χ4v) is 2.41. The first kappa shape index (κ1) is 15.6. The molecule has 2 aromatic rings. The van der Waals surface area contributed by atoms with Crippen LogP contribution < -0.4 is 10.1 Å². The molecule has 0 aliphatic rings. The number of benzene rings is 1. The summed E-state index contributed by atoms with van der Waals surface area (Å²) >= 11 is 15.5. The lowest BCUT2D eigenvalue weighted by atomic mass is 10.3. The third-order valence-electron chi connectivity index (χ3n) is 2.55. The van der Waals surface area contributed by atoms with Crippen molar-refractivity contribution < 1.29 is 4.74 Å². The molecule has 0 atom stereocenters. The van der Waals surface area contributed by atoms with Crippen molar-refractivity contribution in [3.8, 4) is 11.5 Å². The van der Waals surface area contributed by atoms with E-state index in [9.17, 15) is 0 Å². The van der Waals surface area contributed by atoms with Crippen molar-refractivity contribution in [2.45, 2.75) is 13.5 Å². The zero-order chi connectivity index (χ0) is 14.5. The standard InChI is InChI=1S/C14H13BrCl2N2O/c1-2-18-8-9-5-10(3-4-19-9)20-14-7-12(16)11(15)6-13(14)17/h3-7,18H,2,8H2,1H3. The highest BCUT2D eigenvalue weighted by molar-refractivity contribution is 9.10. The Kier molecular flexibility index (Phi) is 5.66. The Morgan fingerprint density at radius 3 is 2.80 bits per heavy atom. The molecule has 1 N–H and O–H groups in total. The van der Waals surface area contributed by atoms with Gasteiger partial charge in [0.25, 0.3) is 0 Å². The van der Waals surface area contributed by atoms with E-state index in [0.717, 1.165) is 16.7 Å². The molecule has 0 unspecified atom stereocenters. The number of ether oxygens (including phenoxy) is 1. The Bertz CT molecular complexity index is 608. The summed E-state index contributed by atoms with van der Waals surface area (Å²) < 4.78 is 6.50. The Balaban J connectivity index is 2.19. The van der Waals surface area contributed by atoms with Gasteiger partial charge in [-0.1, -0.05) is 30.1 Å². The second-order valence-electron chi connectivity index (χ2n) is 4.06. The lowest BCUT2D eigenvalue weighted by molar-refractivity contribution is 0.480. The number of halogens is 3. The Morgan fingerprint density at radius 1 is 1.25 bits per heavy atom. The summed E-state index contributed by atoms with van der Waals surface area (Å²) in [6, 6.07) is 7.04. The summed E-state index contributed by atoms with van der Waals surface area (Å²) in [5, 5.41) is 4.25. The minimum Gasteiger partial charge on any atom is -0.456 e. The molecule has 106 valence electrons. The van der Waals surface area contributed by atoms with E-state index in [2.05, 4.69) is 26.2 Å². The molecular formula is C14H13BrCl2N2O. The number of hydrogen-bond donors (Lipinski definition) is 1. The molecule has 0 fully saturated rings. The Hall–Kier alpha value is -0.810. The molecule has 3 nitrogen and oxygen atoms in total. The average molecular weight is 376 g/mol. The minimum atomic E-state index is 0.492. The first-order chi connectivity index (χ1) is 9.60. The monoisotopic (exact) mass is 374 g/mol. The molecule has 0 saturated heterocycles.